The number of hydrogen-bond acceptors (Lipinski definition) is 5. The Morgan fingerprint density at radius 1 is 1.00 bits per heavy atom. The second-order valence-electron chi connectivity index (χ2n) is 3.41. The minimum Gasteiger partial charge on any atom is -0.481 e. The zero-order chi connectivity index (χ0) is 13.0. The van der Waals surface area contributed by atoms with Crippen molar-refractivity contribution < 1.29 is 30.3 Å². The predicted molar refractivity (Wildman–Crippen MR) is 57.9 cm³/mol. The van der Waals surface area contributed by atoms with Crippen LogP contribution in [-0.4, -0.2) is 57.9 Å². The molecule has 0 atom stereocenters. The molecule has 0 rings (SSSR count). The Kier molecular flexibility index (Phi) is 12.0. The third kappa shape index (κ3) is 6.73. The number of aliphatic carboxylic acids is 1. The lowest BCUT2D eigenvalue weighted by Gasteiger charge is -2.21. The first-order valence-electron chi connectivity index (χ1n) is 5.21. The summed E-state index contributed by atoms with van der Waals surface area (Å²) in [6.07, 6.45) is 1.67. The van der Waals surface area contributed by atoms with Crippen molar-refractivity contribution in [3.8, 4) is 0 Å². The molecular weight excluding hydrogens is 216 g/mol. The van der Waals surface area contributed by atoms with Crippen LogP contribution in [0.4, 0.5) is 0 Å². The van der Waals surface area contributed by atoms with E-state index in [0.29, 0.717) is 0 Å². The van der Waals surface area contributed by atoms with Gasteiger partial charge in [0.1, 0.15) is 5.41 Å². The highest BCUT2D eigenvalue weighted by atomic mass is 16.4. The highest BCUT2D eigenvalue weighted by molar-refractivity contribution is 5.74. The van der Waals surface area contributed by atoms with Crippen LogP contribution in [-0.2, 0) is 4.79 Å². The van der Waals surface area contributed by atoms with Crippen LogP contribution in [0.25, 0.3) is 0 Å². The van der Waals surface area contributed by atoms with Gasteiger partial charge in [-0.2, -0.15) is 0 Å². The van der Waals surface area contributed by atoms with Crippen molar-refractivity contribution in [2.75, 3.05) is 26.4 Å². The summed E-state index contributed by atoms with van der Waals surface area (Å²) in [6, 6.07) is 0. The van der Waals surface area contributed by atoms with E-state index >= 15 is 0 Å². The third-order valence-electron chi connectivity index (χ3n) is 2.30. The average molecular weight is 238 g/mol. The minimum absolute atomic E-state index is 0.195. The zero-order valence-corrected chi connectivity index (χ0v) is 9.59. The van der Waals surface area contributed by atoms with Gasteiger partial charge in [-0.15, -0.1) is 0 Å². The Morgan fingerprint density at radius 3 is 1.44 bits per heavy atom. The normalized spacial score (nSPS) is 10.6. The SMILES string of the molecule is CCC(CO)(CO)C(=O)O.OCCCCO. The number of aliphatic hydroxyl groups is 4. The second kappa shape index (κ2) is 10.8. The summed E-state index contributed by atoms with van der Waals surface area (Å²) in [5.74, 6) is -1.15. The van der Waals surface area contributed by atoms with Gasteiger partial charge >= 0.3 is 5.97 Å². The maximum atomic E-state index is 10.4. The Morgan fingerprint density at radius 2 is 1.38 bits per heavy atom. The number of carboxylic acids is 1. The van der Waals surface area contributed by atoms with Gasteiger partial charge in [-0.1, -0.05) is 6.92 Å². The van der Waals surface area contributed by atoms with E-state index < -0.39 is 24.6 Å². The molecule has 0 saturated heterocycles. The fourth-order valence-electron chi connectivity index (χ4n) is 0.784. The molecule has 0 aliphatic rings. The molecule has 0 spiro atoms. The molecule has 0 saturated carbocycles. The van der Waals surface area contributed by atoms with E-state index in [-0.39, 0.29) is 19.6 Å². The van der Waals surface area contributed by atoms with Gasteiger partial charge in [0.2, 0.25) is 0 Å². The van der Waals surface area contributed by atoms with Crippen LogP contribution in [0.3, 0.4) is 0 Å². The third-order valence-corrected chi connectivity index (χ3v) is 2.30. The van der Waals surface area contributed by atoms with Gasteiger partial charge in [-0.3, -0.25) is 4.79 Å². The molecule has 5 N–H and O–H groups in total. The van der Waals surface area contributed by atoms with Crippen LogP contribution in [0, 0.1) is 5.41 Å². The Labute approximate surface area is 95.2 Å². The van der Waals surface area contributed by atoms with E-state index in [1.807, 2.05) is 0 Å². The van der Waals surface area contributed by atoms with Crippen molar-refractivity contribution >= 4 is 5.97 Å². The molecule has 0 amide bonds. The summed E-state index contributed by atoms with van der Waals surface area (Å²) < 4.78 is 0. The molecule has 0 radical (unpaired) electrons. The van der Waals surface area contributed by atoms with Crippen molar-refractivity contribution in [3.05, 3.63) is 0 Å². The molecular formula is C10H22O6. The number of carbonyl (C=O) groups is 1. The molecule has 98 valence electrons. The van der Waals surface area contributed by atoms with Gasteiger partial charge in [-0.05, 0) is 19.3 Å². The number of hydrogen-bond donors (Lipinski definition) is 5. The highest BCUT2D eigenvalue weighted by Gasteiger charge is 2.35. The molecule has 6 nitrogen and oxygen atoms in total. The lowest BCUT2D eigenvalue weighted by Crippen LogP contribution is -2.37. The predicted octanol–water partition coefficient (Wildman–Crippen LogP) is -0.797. The fraction of sp³-hybridized carbons (Fsp3) is 0.900. The summed E-state index contributed by atoms with van der Waals surface area (Å²) in [4.78, 5) is 10.4. The lowest BCUT2D eigenvalue weighted by atomic mass is 9.87. The van der Waals surface area contributed by atoms with Gasteiger partial charge in [0, 0.05) is 13.2 Å². The highest BCUT2D eigenvalue weighted by Crippen LogP contribution is 2.19. The summed E-state index contributed by atoms with van der Waals surface area (Å²) in [7, 11) is 0. The van der Waals surface area contributed by atoms with Crippen molar-refractivity contribution in [2.45, 2.75) is 26.2 Å². The number of carboxylic acid groups (broad SMARTS) is 1. The van der Waals surface area contributed by atoms with E-state index in [1.54, 1.807) is 6.92 Å². The summed E-state index contributed by atoms with van der Waals surface area (Å²) in [6.45, 7) is 0.965. The molecule has 16 heavy (non-hydrogen) atoms. The van der Waals surface area contributed by atoms with Crippen LogP contribution in [0.2, 0.25) is 0 Å². The number of aliphatic hydroxyl groups excluding tert-OH is 4. The summed E-state index contributed by atoms with van der Waals surface area (Å²) >= 11 is 0. The Hall–Kier alpha value is -0.690. The standard InChI is InChI=1S/C6H12O4.C4H10O2/c1-2-6(3-7,4-8)5(9)10;5-3-1-2-4-6/h7-8H,2-4H2,1H3,(H,9,10);5-6H,1-4H2. The first kappa shape index (κ1) is 17.7. The van der Waals surface area contributed by atoms with Crippen molar-refractivity contribution in [1.82, 2.24) is 0 Å². The molecule has 0 fully saturated rings. The van der Waals surface area contributed by atoms with Crippen molar-refractivity contribution in [3.63, 3.8) is 0 Å². The second-order valence-corrected chi connectivity index (χ2v) is 3.41. The molecule has 0 aromatic heterocycles. The average Bonchev–Trinajstić information content (AvgIpc) is 2.30. The molecule has 0 heterocycles. The fourth-order valence-corrected chi connectivity index (χ4v) is 0.784. The van der Waals surface area contributed by atoms with Crippen LogP contribution in [0.5, 0.6) is 0 Å². The summed E-state index contributed by atoms with van der Waals surface area (Å²) in [5.41, 5.74) is -1.35. The maximum Gasteiger partial charge on any atom is 0.314 e. The van der Waals surface area contributed by atoms with Crippen LogP contribution < -0.4 is 0 Å². The first-order chi connectivity index (χ1) is 7.54. The molecule has 0 bridgehead atoms. The molecule has 0 aromatic rings. The van der Waals surface area contributed by atoms with Gasteiger partial charge < -0.3 is 25.5 Å². The molecule has 0 aromatic carbocycles. The number of rotatable bonds is 7. The van der Waals surface area contributed by atoms with Gasteiger partial charge in [0.15, 0.2) is 0 Å². The quantitative estimate of drug-likeness (QED) is 0.371. The Balaban J connectivity index is 0. The maximum absolute atomic E-state index is 10.4. The van der Waals surface area contributed by atoms with E-state index in [9.17, 15) is 4.79 Å². The van der Waals surface area contributed by atoms with Crippen molar-refractivity contribution in [2.24, 2.45) is 5.41 Å². The topological polar surface area (TPSA) is 118 Å². The Bertz CT molecular complexity index is 154. The van der Waals surface area contributed by atoms with Gasteiger partial charge in [-0.25, -0.2) is 0 Å². The molecule has 0 unspecified atom stereocenters. The first-order valence-corrected chi connectivity index (χ1v) is 5.21. The van der Waals surface area contributed by atoms with Gasteiger partial charge in [0.05, 0.1) is 13.2 Å². The largest absolute Gasteiger partial charge is 0.481 e. The summed E-state index contributed by atoms with van der Waals surface area (Å²) in [5, 5.41) is 41.9. The van der Waals surface area contributed by atoms with E-state index in [2.05, 4.69) is 0 Å². The monoisotopic (exact) mass is 238 g/mol. The van der Waals surface area contributed by atoms with Crippen LogP contribution in [0.1, 0.15) is 26.2 Å². The molecule has 0 aliphatic carbocycles. The minimum atomic E-state index is -1.35. The number of unbranched alkanes of at least 4 members (excludes halogenated alkanes) is 1. The van der Waals surface area contributed by atoms with Crippen LogP contribution in [0.15, 0.2) is 0 Å². The van der Waals surface area contributed by atoms with E-state index in [4.69, 9.17) is 25.5 Å². The molecule has 0 aliphatic heterocycles. The smallest absolute Gasteiger partial charge is 0.314 e. The lowest BCUT2D eigenvalue weighted by molar-refractivity contribution is -0.154. The zero-order valence-electron chi connectivity index (χ0n) is 9.59. The van der Waals surface area contributed by atoms with E-state index in [1.165, 1.54) is 0 Å². The van der Waals surface area contributed by atoms with Crippen LogP contribution >= 0.6 is 0 Å². The molecule has 6 heteroatoms. The van der Waals surface area contributed by atoms with Crippen molar-refractivity contribution in [1.29, 1.82) is 0 Å². The van der Waals surface area contributed by atoms with Gasteiger partial charge in [0.25, 0.3) is 0 Å². The van der Waals surface area contributed by atoms with E-state index in [0.717, 1.165) is 12.8 Å².